The molecular formula is C33H46N3O6+. The number of fused-ring (bicyclic) bond motifs is 4. The SMILES string of the molecule is O=C1COc2c(cc(O)cc2[C@@H](O)CNCCC[N+]23CCC(CC2)[C@@H](OCC(O)(c2ccccc2)C2CCCC2)C3)N1. The summed E-state index contributed by atoms with van der Waals surface area (Å²) in [6.45, 7) is 5.75. The monoisotopic (exact) mass is 580 g/mol. The van der Waals surface area contributed by atoms with Crippen LogP contribution in [-0.4, -0.2) is 84.3 Å². The van der Waals surface area contributed by atoms with Crippen LogP contribution in [0.2, 0.25) is 0 Å². The zero-order chi connectivity index (χ0) is 29.2. The van der Waals surface area contributed by atoms with E-state index in [9.17, 15) is 20.1 Å². The predicted molar refractivity (Wildman–Crippen MR) is 159 cm³/mol. The highest BCUT2D eigenvalue weighted by Crippen LogP contribution is 2.43. The maximum absolute atomic E-state index is 12.0. The van der Waals surface area contributed by atoms with E-state index in [0.717, 1.165) is 48.9 Å². The van der Waals surface area contributed by atoms with Crippen LogP contribution in [0.4, 0.5) is 5.69 Å². The molecule has 0 aromatic heterocycles. The number of anilines is 1. The number of carbonyl (C=O) groups is 1. The molecule has 5 N–H and O–H groups in total. The Kier molecular flexibility index (Phi) is 8.75. The Labute approximate surface area is 248 Å². The second-order valence-corrected chi connectivity index (χ2v) is 13.0. The van der Waals surface area contributed by atoms with Gasteiger partial charge in [-0.2, -0.15) is 0 Å². The van der Waals surface area contributed by atoms with Crippen LogP contribution in [-0.2, 0) is 15.1 Å². The van der Waals surface area contributed by atoms with Crippen LogP contribution in [0.1, 0.15) is 62.2 Å². The Bertz CT molecular complexity index is 1230. The van der Waals surface area contributed by atoms with Crippen molar-refractivity contribution in [2.45, 2.75) is 62.8 Å². The average molecular weight is 581 g/mol. The standard InChI is InChI=1S/C33H45N3O6/c37-26-17-27(32-28(18-26)35-31(39)21-41-32)29(38)19-34-13-6-14-36-15-11-23(12-16-36)30(20-36)42-22-33(40,25-9-4-5-10-25)24-7-2-1-3-8-24/h1-3,7-8,17-18,23,25,29-30,34,38,40H,4-6,9-16,19-22H2,(H-,35,37,39)/p+1/t23?,29-,30-,33?,36?/m0/s1. The summed E-state index contributed by atoms with van der Waals surface area (Å²) in [4.78, 5) is 11.6. The molecule has 1 saturated carbocycles. The number of aromatic hydroxyl groups is 1. The van der Waals surface area contributed by atoms with Gasteiger partial charge in [0.1, 0.15) is 29.7 Å². The summed E-state index contributed by atoms with van der Waals surface area (Å²) in [5, 5.41) is 38.9. The number of aliphatic hydroxyl groups excluding tert-OH is 1. The fourth-order valence-corrected chi connectivity index (χ4v) is 7.87. The Hall–Kier alpha value is -2.69. The summed E-state index contributed by atoms with van der Waals surface area (Å²) in [6, 6.07) is 13.1. The van der Waals surface area contributed by atoms with Crippen molar-refractivity contribution in [1.29, 1.82) is 0 Å². The lowest BCUT2D eigenvalue weighted by atomic mass is 9.80. The van der Waals surface area contributed by atoms with Gasteiger partial charge in [0.25, 0.3) is 5.91 Å². The molecule has 0 spiro atoms. The molecule has 9 nitrogen and oxygen atoms in total. The van der Waals surface area contributed by atoms with Crippen molar-refractivity contribution in [1.82, 2.24) is 5.32 Å². The predicted octanol–water partition coefficient (Wildman–Crippen LogP) is 3.44. The summed E-state index contributed by atoms with van der Waals surface area (Å²) in [7, 11) is 0. The highest BCUT2D eigenvalue weighted by Gasteiger charge is 2.48. The molecule has 1 amide bonds. The third kappa shape index (κ3) is 6.17. The molecule has 2 aromatic carbocycles. The van der Waals surface area contributed by atoms with Gasteiger partial charge in [-0.3, -0.25) is 4.79 Å². The lowest BCUT2D eigenvalue weighted by Crippen LogP contribution is -2.65. The van der Waals surface area contributed by atoms with E-state index in [2.05, 4.69) is 22.8 Å². The van der Waals surface area contributed by atoms with E-state index in [4.69, 9.17) is 9.47 Å². The first-order chi connectivity index (χ1) is 20.4. The first-order valence-corrected chi connectivity index (χ1v) is 15.8. The minimum Gasteiger partial charge on any atom is -0.508 e. The zero-order valence-corrected chi connectivity index (χ0v) is 24.5. The van der Waals surface area contributed by atoms with E-state index in [1.54, 1.807) is 0 Å². The number of phenols is 1. The number of hydrogen-bond donors (Lipinski definition) is 5. The zero-order valence-electron chi connectivity index (χ0n) is 24.5. The van der Waals surface area contributed by atoms with Gasteiger partial charge in [-0.05, 0) is 30.4 Å². The summed E-state index contributed by atoms with van der Waals surface area (Å²) in [5.74, 6) is 0.923. The first kappa shape index (κ1) is 29.4. The van der Waals surface area contributed by atoms with Gasteiger partial charge in [-0.25, -0.2) is 0 Å². The maximum atomic E-state index is 12.0. The Balaban J connectivity index is 1.00. The number of ether oxygens (including phenoxy) is 2. The number of hydrogen-bond acceptors (Lipinski definition) is 7. The van der Waals surface area contributed by atoms with Gasteiger partial charge < -0.3 is 39.9 Å². The van der Waals surface area contributed by atoms with Crippen molar-refractivity contribution in [2.24, 2.45) is 11.8 Å². The molecule has 9 heteroatoms. The second-order valence-electron chi connectivity index (χ2n) is 13.0. The summed E-state index contributed by atoms with van der Waals surface area (Å²) in [5.41, 5.74) is 0.903. The minimum absolute atomic E-state index is 0.0277. The van der Waals surface area contributed by atoms with Crippen molar-refractivity contribution in [3.8, 4) is 11.5 Å². The van der Waals surface area contributed by atoms with E-state index < -0.39 is 11.7 Å². The van der Waals surface area contributed by atoms with E-state index in [0.29, 0.717) is 36.1 Å². The lowest BCUT2D eigenvalue weighted by Gasteiger charge is -2.53. The second kappa shape index (κ2) is 12.5. The molecule has 4 aliphatic heterocycles. The molecule has 4 heterocycles. The quantitative estimate of drug-likeness (QED) is 0.193. The fraction of sp³-hybridized carbons (Fsp3) is 0.606. The van der Waals surface area contributed by atoms with Gasteiger partial charge in [0, 0.05) is 49.9 Å². The molecule has 3 atom stereocenters. The van der Waals surface area contributed by atoms with Gasteiger partial charge in [0.15, 0.2) is 6.61 Å². The van der Waals surface area contributed by atoms with Crippen molar-refractivity contribution in [3.63, 3.8) is 0 Å². The van der Waals surface area contributed by atoms with Gasteiger partial charge in [-0.15, -0.1) is 0 Å². The third-order valence-corrected chi connectivity index (χ3v) is 10.3. The largest absolute Gasteiger partial charge is 0.508 e. The number of rotatable bonds is 12. The Morgan fingerprint density at radius 3 is 2.64 bits per heavy atom. The summed E-state index contributed by atoms with van der Waals surface area (Å²) < 4.78 is 13.3. The van der Waals surface area contributed by atoms with Crippen molar-refractivity contribution < 1.29 is 34.1 Å². The number of nitrogens with one attached hydrogen (secondary N) is 2. The average Bonchev–Trinajstić information content (AvgIpc) is 3.56. The molecule has 7 rings (SSSR count). The number of quaternary nitrogens is 1. The highest BCUT2D eigenvalue weighted by molar-refractivity contribution is 5.96. The van der Waals surface area contributed by atoms with Crippen LogP contribution in [0.15, 0.2) is 42.5 Å². The molecule has 1 unspecified atom stereocenters. The molecule has 42 heavy (non-hydrogen) atoms. The normalized spacial score (nSPS) is 27.6. The Morgan fingerprint density at radius 1 is 1.12 bits per heavy atom. The molecule has 4 fully saturated rings. The summed E-state index contributed by atoms with van der Waals surface area (Å²) in [6.07, 6.45) is 7.09. The molecule has 5 aliphatic rings. The molecule has 3 saturated heterocycles. The molecule has 2 aromatic rings. The van der Waals surface area contributed by atoms with E-state index in [-0.39, 0.29) is 30.3 Å². The number of benzene rings is 2. The number of nitrogens with zero attached hydrogens (tertiary/aromatic N) is 1. The first-order valence-electron chi connectivity index (χ1n) is 15.8. The molecule has 0 radical (unpaired) electrons. The van der Waals surface area contributed by atoms with E-state index in [1.807, 2.05) is 18.2 Å². The molecular weight excluding hydrogens is 534 g/mol. The maximum Gasteiger partial charge on any atom is 0.262 e. The third-order valence-electron chi connectivity index (χ3n) is 10.3. The fourth-order valence-electron chi connectivity index (χ4n) is 7.87. The molecule has 1 aliphatic carbocycles. The van der Waals surface area contributed by atoms with Crippen molar-refractivity contribution in [3.05, 3.63) is 53.6 Å². The Morgan fingerprint density at radius 2 is 1.88 bits per heavy atom. The van der Waals surface area contributed by atoms with Gasteiger partial charge in [-0.1, -0.05) is 43.2 Å². The number of piperidine rings is 3. The summed E-state index contributed by atoms with van der Waals surface area (Å²) >= 11 is 0. The van der Waals surface area contributed by atoms with Crippen LogP contribution in [0.3, 0.4) is 0 Å². The van der Waals surface area contributed by atoms with Gasteiger partial charge >= 0.3 is 0 Å². The smallest absolute Gasteiger partial charge is 0.262 e. The molecule has 2 bridgehead atoms. The topological polar surface area (TPSA) is 120 Å². The van der Waals surface area contributed by atoms with Crippen LogP contribution >= 0.6 is 0 Å². The number of aliphatic hydroxyl groups is 2. The number of amides is 1. The molecule has 228 valence electrons. The van der Waals surface area contributed by atoms with Gasteiger partial charge in [0.2, 0.25) is 0 Å². The van der Waals surface area contributed by atoms with E-state index >= 15 is 0 Å². The van der Waals surface area contributed by atoms with E-state index in [1.165, 1.54) is 50.9 Å². The van der Waals surface area contributed by atoms with Gasteiger partial charge in [0.05, 0.1) is 38.0 Å². The van der Waals surface area contributed by atoms with Crippen molar-refractivity contribution >= 4 is 11.6 Å². The van der Waals surface area contributed by atoms with Crippen LogP contribution in [0.5, 0.6) is 11.5 Å². The number of carbonyl (C=O) groups excluding carboxylic acids is 1. The van der Waals surface area contributed by atoms with Crippen LogP contribution < -0.4 is 15.4 Å². The highest BCUT2D eigenvalue weighted by atomic mass is 16.5. The van der Waals surface area contributed by atoms with Crippen LogP contribution in [0.25, 0.3) is 0 Å². The lowest BCUT2D eigenvalue weighted by molar-refractivity contribution is -0.946. The van der Waals surface area contributed by atoms with Crippen molar-refractivity contribution in [2.75, 3.05) is 57.8 Å². The minimum atomic E-state index is -0.926. The number of phenolic OH excluding ortho intramolecular Hbond substituents is 1. The van der Waals surface area contributed by atoms with Crippen LogP contribution in [0, 0.1) is 11.8 Å².